The molecule has 0 saturated heterocycles. The van der Waals surface area contributed by atoms with Crippen LogP contribution < -0.4 is 4.74 Å². The predicted molar refractivity (Wildman–Crippen MR) is 88.4 cm³/mol. The van der Waals surface area contributed by atoms with Crippen molar-refractivity contribution in [2.45, 2.75) is 31.9 Å². The molecule has 1 aromatic carbocycles. The molecule has 0 fully saturated rings. The number of hydrogen-bond acceptors (Lipinski definition) is 5. The summed E-state index contributed by atoms with van der Waals surface area (Å²) < 4.78 is 11.0. The van der Waals surface area contributed by atoms with Crippen LogP contribution in [0.4, 0.5) is 0 Å². The van der Waals surface area contributed by atoms with Crippen LogP contribution in [0.25, 0.3) is 11.1 Å². The third-order valence-corrected chi connectivity index (χ3v) is 6.47. The van der Waals surface area contributed by atoms with Gasteiger partial charge in [-0.1, -0.05) is 0 Å². The highest BCUT2D eigenvalue weighted by molar-refractivity contribution is 8.29. The van der Waals surface area contributed by atoms with Gasteiger partial charge in [0.25, 0.3) is 0 Å². The Morgan fingerprint density at radius 1 is 1.43 bits per heavy atom. The molecule has 3 rings (SSSR count). The van der Waals surface area contributed by atoms with Gasteiger partial charge in [-0.25, -0.2) is 4.98 Å². The van der Waals surface area contributed by atoms with Crippen molar-refractivity contribution >= 4 is 33.1 Å². The van der Waals surface area contributed by atoms with E-state index in [-0.39, 0.29) is 18.0 Å². The van der Waals surface area contributed by atoms with Crippen molar-refractivity contribution in [1.82, 2.24) is 4.98 Å². The van der Waals surface area contributed by atoms with Crippen molar-refractivity contribution in [3.8, 4) is 5.75 Å². The Bertz CT molecular complexity index is 782. The van der Waals surface area contributed by atoms with Gasteiger partial charge < -0.3 is 14.3 Å². The molecule has 1 atom stereocenters. The number of aliphatic carboxylic acids is 1. The molecule has 23 heavy (non-hydrogen) atoms. The molecular weight excluding hydrogens is 318 g/mol. The maximum atomic E-state index is 12.2. The monoisotopic (exact) mass is 337 g/mol. The first-order valence-electron chi connectivity index (χ1n) is 7.45. The second-order valence-corrected chi connectivity index (χ2v) is 7.93. The highest BCUT2D eigenvalue weighted by Crippen LogP contribution is 2.43. The number of benzene rings is 1. The van der Waals surface area contributed by atoms with Crippen LogP contribution in [0.5, 0.6) is 5.75 Å². The lowest BCUT2D eigenvalue weighted by atomic mass is 10.0. The quantitative estimate of drug-likeness (QED) is 0.834. The lowest BCUT2D eigenvalue weighted by molar-refractivity contribution is -0.137. The SMILES string of the molecule is COc1cc2c(c3nc(C)oc13)CC[SH](C(=O)CCC(=O)O)C2. The van der Waals surface area contributed by atoms with E-state index in [2.05, 4.69) is 4.98 Å². The Labute approximate surface area is 136 Å². The zero-order chi connectivity index (χ0) is 16.6. The van der Waals surface area contributed by atoms with E-state index in [1.807, 2.05) is 6.07 Å². The Kier molecular flexibility index (Phi) is 4.30. The van der Waals surface area contributed by atoms with Crippen molar-refractivity contribution in [2.24, 2.45) is 0 Å². The highest BCUT2D eigenvalue weighted by Gasteiger charge is 2.26. The molecule has 0 aliphatic carbocycles. The maximum Gasteiger partial charge on any atom is 0.303 e. The Hall–Kier alpha value is -2.02. The summed E-state index contributed by atoms with van der Waals surface area (Å²) in [5.74, 6) is 1.76. The molecule has 1 aromatic heterocycles. The number of ether oxygens (including phenoxy) is 1. The van der Waals surface area contributed by atoms with Crippen molar-refractivity contribution in [3.05, 3.63) is 23.1 Å². The van der Waals surface area contributed by atoms with Crippen LogP contribution in [0.3, 0.4) is 0 Å². The van der Waals surface area contributed by atoms with Crippen LogP contribution in [-0.2, 0) is 21.8 Å². The number of carboxylic acids is 1. The number of hydrogen-bond donors (Lipinski definition) is 2. The molecule has 1 N–H and O–H groups in total. The van der Waals surface area contributed by atoms with Crippen LogP contribution in [0, 0.1) is 6.92 Å². The van der Waals surface area contributed by atoms with Gasteiger partial charge in [0.15, 0.2) is 22.3 Å². The number of methoxy groups -OCH3 is 1. The van der Waals surface area contributed by atoms with Gasteiger partial charge >= 0.3 is 5.97 Å². The van der Waals surface area contributed by atoms with Crippen LogP contribution in [0.2, 0.25) is 0 Å². The minimum atomic E-state index is -0.924. The topological polar surface area (TPSA) is 89.6 Å². The van der Waals surface area contributed by atoms with Gasteiger partial charge in [0, 0.05) is 19.1 Å². The van der Waals surface area contributed by atoms with Crippen LogP contribution in [0.1, 0.15) is 29.9 Å². The molecule has 0 bridgehead atoms. The lowest BCUT2D eigenvalue weighted by Crippen LogP contribution is -2.15. The minimum Gasteiger partial charge on any atom is -0.493 e. The number of fused-ring (bicyclic) bond motifs is 3. The van der Waals surface area contributed by atoms with E-state index in [9.17, 15) is 9.59 Å². The average molecular weight is 337 g/mol. The number of carboxylic acid groups (broad SMARTS) is 1. The molecule has 6 nitrogen and oxygen atoms in total. The van der Waals surface area contributed by atoms with E-state index in [0.29, 0.717) is 23.0 Å². The molecule has 2 aromatic rings. The number of oxazole rings is 1. The largest absolute Gasteiger partial charge is 0.493 e. The molecule has 1 aliphatic rings. The van der Waals surface area contributed by atoms with E-state index < -0.39 is 16.9 Å². The van der Waals surface area contributed by atoms with Crippen LogP contribution in [0.15, 0.2) is 10.5 Å². The third-order valence-electron chi connectivity index (χ3n) is 4.05. The smallest absolute Gasteiger partial charge is 0.303 e. The molecule has 1 aliphatic heterocycles. The van der Waals surface area contributed by atoms with Gasteiger partial charge in [0.05, 0.1) is 13.5 Å². The van der Waals surface area contributed by atoms with Gasteiger partial charge in [-0.3, -0.25) is 9.59 Å². The molecule has 1 unspecified atom stereocenters. The number of aryl methyl sites for hydroxylation is 2. The highest BCUT2D eigenvalue weighted by atomic mass is 32.2. The number of thiol groups is 1. The normalized spacial score (nSPS) is 18.6. The molecule has 0 radical (unpaired) electrons. The fourth-order valence-electron chi connectivity index (χ4n) is 2.95. The standard InChI is InChI=1S/C16H19NO5S/c1-9-17-15-11-5-6-23(14(20)4-3-13(18)19)8-10(11)7-12(21-2)16(15)22-9/h7,23H,3-6,8H2,1-2H3,(H,18,19). The average Bonchev–Trinajstić information content (AvgIpc) is 2.92. The molecule has 0 spiro atoms. The summed E-state index contributed by atoms with van der Waals surface area (Å²) in [5, 5.41) is 8.81. The van der Waals surface area contributed by atoms with Gasteiger partial charge in [0.2, 0.25) is 0 Å². The van der Waals surface area contributed by atoms with Crippen molar-refractivity contribution in [3.63, 3.8) is 0 Å². The van der Waals surface area contributed by atoms with Crippen LogP contribution in [-0.4, -0.2) is 34.0 Å². The first kappa shape index (κ1) is 15.9. The fourth-order valence-corrected chi connectivity index (χ4v) is 5.15. The number of nitrogens with zero attached hydrogens (tertiary/aromatic N) is 1. The third kappa shape index (κ3) is 3.06. The minimum absolute atomic E-state index is 0.0865. The van der Waals surface area contributed by atoms with Crippen molar-refractivity contribution in [2.75, 3.05) is 12.9 Å². The van der Waals surface area contributed by atoms with Gasteiger partial charge in [0.1, 0.15) is 5.52 Å². The number of carbonyl (C=O) groups is 2. The molecule has 7 heteroatoms. The Balaban J connectivity index is 1.90. The molecule has 0 amide bonds. The summed E-state index contributed by atoms with van der Waals surface area (Å²) in [6.07, 6.45) is 0.806. The summed E-state index contributed by atoms with van der Waals surface area (Å²) in [4.78, 5) is 27.3. The first-order valence-corrected chi connectivity index (χ1v) is 9.16. The zero-order valence-electron chi connectivity index (χ0n) is 13.1. The summed E-state index contributed by atoms with van der Waals surface area (Å²) in [5.41, 5.74) is 3.68. The zero-order valence-corrected chi connectivity index (χ0v) is 14.0. The molecular formula is C16H19NO5S. The summed E-state index contributed by atoms with van der Waals surface area (Å²) in [6.45, 7) is 1.80. The number of aromatic nitrogens is 1. The van der Waals surface area contributed by atoms with Crippen molar-refractivity contribution < 1.29 is 23.8 Å². The van der Waals surface area contributed by atoms with E-state index in [4.69, 9.17) is 14.3 Å². The molecule has 0 saturated carbocycles. The number of carbonyl (C=O) groups excluding carboxylic acids is 1. The van der Waals surface area contributed by atoms with E-state index >= 15 is 0 Å². The Morgan fingerprint density at radius 3 is 2.91 bits per heavy atom. The van der Waals surface area contributed by atoms with E-state index in [1.54, 1.807) is 14.0 Å². The predicted octanol–water partition coefficient (Wildman–Crippen LogP) is 2.59. The summed E-state index contributed by atoms with van der Waals surface area (Å²) in [7, 11) is 0.754. The molecule has 2 heterocycles. The molecule has 124 valence electrons. The van der Waals surface area contributed by atoms with Gasteiger partial charge in [-0.15, -0.1) is 0 Å². The first-order chi connectivity index (χ1) is 11.0. The summed E-state index contributed by atoms with van der Waals surface area (Å²) >= 11 is 0. The van der Waals surface area contributed by atoms with Gasteiger partial charge in [-0.2, -0.15) is 10.9 Å². The second-order valence-electron chi connectivity index (χ2n) is 5.59. The van der Waals surface area contributed by atoms with Gasteiger partial charge in [-0.05, 0) is 29.4 Å². The van der Waals surface area contributed by atoms with Crippen LogP contribution >= 0.6 is 10.9 Å². The fraction of sp³-hybridized carbons (Fsp3) is 0.438. The summed E-state index contributed by atoms with van der Waals surface area (Å²) in [6, 6.07) is 1.93. The van der Waals surface area contributed by atoms with Crippen molar-refractivity contribution in [1.29, 1.82) is 0 Å². The Morgan fingerprint density at radius 2 is 2.22 bits per heavy atom. The van der Waals surface area contributed by atoms with E-state index in [1.165, 1.54) is 0 Å². The van der Waals surface area contributed by atoms with E-state index in [0.717, 1.165) is 28.8 Å². The maximum absolute atomic E-state index is 12.2. The number of rotatable bonds is 4. The second kappa shape index (κ2) is 6.23. The lowest BCUT2D eigenvalue weighted by Gasteiger charge is -2.27.